The molecule has 3 rings (SSSR count). The maximum absolute atomic E-state index is 13.2. The van der Waals surface area contributed by atoms with Crippen molar-refractivity contribution in [2.45, 2.75) is 40.7 Å². The lowest BCUT2D eigenvalue weighted by atomic mass is 9.88. The van der Waals surface area contributed by atoms with E-state index in [2.05, 4.69) is 11.5 Å². The maximum Gasteiger partial charge on any atom is 0.328 e. The van der Waals surface area contributed by atoms with E-state index >= 15 is 0 Å². The average Bonchev–Trinajstić information content (AvgIpc) is 3.30. The summed E-state index contributed by atoms with van der Waals surface area (Å²) in [5, 5.41) is 18.8. The molecule has 2 aliphatic heterocycles. The average molecular weight is 548 g/mol. The van der Waals surface area contributed by atoms with Crippen LogP contribution in [0.25, 0.3) is 0 Å². The first-order valence-corrected chi connectivity index (χ1v) is 14.1. The Morgan fingerprint density at radius 2 is 1.80 bits per heavy atom. The number of benzene rings is 1. The highest BCUT2D eigenvalue weighted by Crippen LogP contribution is 2.27. The minimum atomic E-state index is -0.733. The second-order valence-electron chi connectivity index (χ2n) is 9.63. The molecule has 2 amide bonds. The molecule has 1 atom stereocenters. The van der Waals surface area contributed by atoms with Crippen LogP contribution in [0.5, 0.6) is 0 Å². The number of aliphatic hydroxyl groups is 1. The topological polar surface area (TPSA) is 84.3 Å². The Kier molecular flexibility index (Phi) is 13.9. The molecule has 0 radical (unpaired) electrons. The molecule has 2 fully saturated rings. The molecule has 0 spiro atoms. The van der Waals surface area contributed by atoms with E-state index in [4.69, 9.17) is 5.11 Å². The van der Waals surface area contributed by atoms with Gasteiger partial charge >= 0.3 is 12.0 Å². The van der Waals surface area contributed by atoms with E-state index in [9.17, 15) is 14.7 Å². The molecule has 7 heteroatoms. The summed E-state index contributed by atoms with van der Waals surface area (Å²) in [7, 11) is 0. The molecule has 0 bridgehead atoms. The molecule has 1 aromatic carbocycles. The highest BCUT2D eigenvalue weighted by molar-refractivity contribution is 5.94. The zero-order chi connectivity index (χ0) is 29.5. The van der Waals surface area contributed by atoms with Gasteiger partial charge in [0.05, 0.1) is 5.92 Å². The quantitative estimate of drug-likeness (QED) is 0.288. The van der Waals surface area contributed by atoms with Gasteiger partial charge in [-0.15, -0.1) is 0 Å². The number of carbonyl (C=O) groups is 2. The van der Waals surface area contributed by atoms with Gasteiger partial charge in [-0.1, -0.05) is 80.7 Å². The number of aliphatic carboxylic acids is 1. The SMILES string of the molecule is C=C/C=C\C=C(/C)C(CCO)C(=C/C=C\C)/C=C/N1CCN(c2ccc(CN3CC(C(=O)O)C3)cc2)C1=O.CC. The summed E-state index contributed by atoms with van der Waals surface area (Å²) in [5.74, 6) is -0.985. The number of hydrogen-bond donors (Lipinski definition) is 2. The van der Waals surface area contributed by atoms with Gasteiger partial charge in [-0.25, -0.2) is 4.79 Å². The van der Waals surface area contributed by atoms with Crippen molar-refractivity contribution in [2.75, 3.05) is 37.7 Å². The van der Waals surface area contributed by atoms with Gasteiger partial charge < -0.3 is 10.2 Å². The highest BCUT2D eigenvalue weighted by Gasteiger charge is 2.32. The van der Waals surface area contributed by atoms with Gasteiger partial charge in [-0.3, -0.25) is 19.5 Å². The number of likely N-dealkylation sites (tertiary alicyclic amines) is 1. The first-order chi connectivity index (χ1) is 19.4. The summed E-state index contributed by atoms with van der Waals surface area (Å²) in [6.07, 6.45) is 17.9. The molecule has 0 aliphatic carbocycles. The van der Waals surface area contributed by atoms with E-state index in [0.29, 0.717) is 39.1 Å². The first-order valence-electron chi connectivity index (χ1n) is 14.1. The van der Waals surface area contributed by atoms with E-state index in [1.807, 2.05) is 101 Å². The molecule has 2 saturated heterocycles. The van der Waals surface area contributed by atoms with Crippen LogP contribution >= 0.6 is 0 Å². The third kappa shape index (κ3) is 9.21. The maximum atomic E-state index is 13.2. The Balaban J connectivity index is 0.00000274. The van der Waals surface area contributed by atoms with E-state index in [1.165, 1.54) is 0 Å². The number of allylic oxidation sites excluding steroid dienone is 10. The van der Waals surface area contributed by atoms with Crippen LogP contribution in [0.15, 0.2) is 96.8 Å². The molecule has 2 N–H and O–H groups in total. The number of carboxylic acid groups (broad SMARTS) is 1. The van der Waals surface area contributed by atoms with Crippen molar-refractivity contribution >= 4 is 17.7 Å². The molecule has 7 nitrogen and oxygen atoms in total. The van der Waals surface area contributed by atoms with Crippen molar-refractivity contribution in [1.29, 1.82) is 0 Å². The lowest BCUT2D eigenvalue weighted by Crippen LogP contribution is -2.49. The molecule has 2 heterocycles. The molecule has 0 saturated carbocycles. The Labute approximate surface area is 239 Å². The normalized spacial score (nSPS) is 18.0. The fraction of sp³-hybridized carbons (Fsp3) is 0.394. The molecule has 2 aliphatic rings. The second-order valence-corrected chi connectivity index (χ2v) is 9.63. The predicted octanol–water partition coefficient (Wildman–Crippen LogP) is 6.17. The van der Waals surface area contributed by atoms with Crippen molar-refractivity contribution in [3.63, 3.8) is 0 Å². The summed E-state index contributed by atoms with van der Waals surface area (Å²) in [6.45, 7) is 14.8. The van der Waals surface area contributed by atoms with Crippen molar-refractivity contribution < 1.29 is 19.8 Å². The number of anilines is 1. The minimum Gasteiger partial charge on any atom is -0.481 e. The predicted molar refractivity (Wildman–Crippen MR) is 164 cm³/mol. The van der Waals surface area contributed by atoms with Gasteiger partial charge in [-0.2, -0.15) is 0 Å². The van der Waals surface area contributed by atoms with Crippen molar-refractivity contribution in [3.05, 3.63) is 102 Å². The van der Waals surface area contributed by atoms with E-state index in [0.717, 1.165) is 22.4 Å². The zero-order valence-corrected chi connectivity index (χ0v) is 24.4. The minimum absolute atomic E-state index is 0.0143. The monoisotopic (exact) mass is 547 g/mol. The second kappa shape index (κ2) is 17.1. The Morgan fingerprint density at radius 1 is 1.10 bits per heavy atom. The third-order valence-corrected chi connectivity index (χ3v) is 6.91. The van der Waals surface area contributed by atoms with Gasteiger partial charge in [0.1, 0.15) is 0 Å². The van der Waals surface area contributed by atoms with Crippen LogP contribution in [0.1, 0.15) is 39.7 Å². The summed E-state index contributed by atoms with van der Waals surface area (Å²) >= 11 is 0. The lowest BCUT2D eigenvalue weighted by molar-refractivity contribution is -0.147. The largest absolute Gasteiger partial charge is 0.481 e. The molecule has 0 aromatic heterocycles. The molecule has 40 heavy (non-hydrogen) atoms. The number of aliphatic hydroxyl groups excluding tert-OH is 1. The van der Waals surface area contributed by atoms with Crippen molar-refractivity contribution in [1.82, 2.24) is 9.80 Å². The standard InChI is InChI=1S/C31H39N3O4.C2H6/c1-4-6-8-9-24(3)29(16-20-35)26(10-7-5-2)15-17-33-18-19-34(31(33)38)28-13-11-25(12-14-28)21-32-22-27(23-32)30(36)37;1-2/h4-15,17,27,29,35H,1,16,18-23H2,2-3H3,(H,36,37);1-2H3/b7-5-,8-6-,17-15+,24-9+,26-10+;. The highest BCUT2D eigenvalue weighted by atomic mass is 16.4. The van der Waals surface area contributed by atoms with Gasteiger partial charge in [-0.05, 0) is 49.6 Å². The van der Waals surface area contributed by atoms with Crippen LogP contribution in [0, 0.1) is 11.8 Å². The number of carbonyl (C=O) groups excluding carboxylic acids is 1. The summed E-state index contributed by atoms with van der Waals surface area (Å²) in [5.41, 5.74) is 4.08. The van der Waals surface area contributed by atoms with Crippen LogP contribution in [-0.4, -0.2) is 64.8 Å². The molecular formula is C33H45N3O4. The van der Waals surface area contributed by atoms with Crippen LogP contribution in [0.4, 0.5) is 10.5 Å². The fourth-order valence-electron chi connectivity index (χ4n) is 4.69. The summed E-state index contributed by atoms with van der Waals surface area (Å²) in [6, 6.07) is 7.83. The lowest BCUT2D eigenvalue weighted by Gasteiger charge is -2.36. The number of hydrogen-bond acceptors (Lipinski definition) is 4. The Bertz CT molecular complexity index is 1120. The van der Waals surface area contributed by atoms with Crippen molar-refractivity contribution in [2.24, 2.45) is 11.8 Å². The van der Waals surface area contributed by atoms with Gasteiger partial charge in [0.25, 0.3) is 0 Å². The summed E-state index contributed by atoms with van der Waals surface area (Å²) < 4.78 is 0. The van der Waals surface area contributed by atoms with Gasteiger partial charge in [0, 0.05) is 57.1 Å². The van der Waals surface area contributed by atoms with Crippen LogP contribution < -0.4 is 4.90 Å². The molecule has 1 aromatic rings. The zero-order valence-electron chi connectivity index (χ0n) is 24.4. The van der Waals surface area contributed by atoms with E-state index in [-0.39, 0.29) is 24.5 Å². The van der Waals surface area contributed by atoms with Crippen LogP contribution in [0.3, 0.4) is 0 Å². The van der Waals surface area contributed by atoms with Crippen LogP contribution in [0.2, 0.25) is 0 Å². The Morgan fingerprint density at radius 3 is 2.40 bits per heavy atom. The number of urea groups is 1. The number of nitrogens with zero attached hydrogens (tertiary/aromatic N) is 3. The summed E-state index contributed by atoms with van der Waals surface area (Å²) in [4.78, 5) is 29.8. The van der Waals surface area contributed by atoms with Crippen molar-refractivity contribution in [3.8, 4) is 0 Å². The molecule has 1 unspecified atom stereocenters. The number of amides is 2. The van der Waals surface area contributed by atoms with E-state index in [1.54, 1.807) is 15.9 Å². The molecule has 216 valence electrons. The number of carboxylic acids is 1. The third-order valence-electron chi connectivity index (χ3n) is 6.91. The molecular weight excluding hydrogens is 502 g/mol. The fourth-order valence-corrected chi connectivity index (χ4v) is 4.69. The van der Waals surface area contributed by atoms with Gasteiger partial charge in [0.15, 0.2) is 0 Å². The van der Waals surface area contributed by atoms with E-state index < -0.39 is 5.97 Å². The smallest absolute Gasteiger partial charge is 0.328 e. The van der Waals surface area contributed by atoms with Gasteiger partial charge in [0.2, 0.25) is 0 Å². The first kappa shape index (κ1) is 32.5. The Hall–Kier alpha value is -3.68. The number of rotatable bonds is 13. The van der Waals surface area contributed by atoms with Crippen LogP contribution in [-0.2, 0) is 11.3 Å².